The van der Waals surface area contributed by atoms with E-state index in [4.69, 9.17) is 11.6 Å². The van der Waals surface area contributed by atoms with Crippen LogP contribution in [-0.4, -0.2) is 9.97 Å². The third-order valence-electron chi connectivity index (χ3n) is 4.18. The van der Waals surface area contributed by atoms with Gasteiger partial charge in [-0.2, -0.15) is 5.26 Å². The quantitative estimate of drug-likeness (QED) is 0.302. The van der Waals surface area contributed by atoms with E-state index >= 15 is 0 Å². The van der Waals surface area contributed by atoms with Gasteiger partial charge in [0.2, 0.25) is 0 Å². The Morgan fingerprint density at radius 2 is 1.93 bits per heavy atom. The second kappa shape index (κ2) is 7.32. The molecule has 0 spiro atoms. The predicted molar refractivity (Wildman–Crippen MR) is 113 cm³/mol. The highest BCUT2D eigenvalue weighted by atomic mass is 35.5. The highest BCUT2D eigenvalue weighted by Crippen LogP contribution is 2.29. The van der Waals surface area contributed by atoms with E-state index in [-0.39, 0.29) is 0 Å². The van der Waals surface area contributed by atoms with Gasteiger partial charge in [0.15, 0.2) is 0 Å². The third kappa shape index (κ3) is 3.61. The van der Waals surface area contributed by atoms with Gasteiger partial charge in [-0.3, -0.25) is 0 Å². The van der Waals surface area contributed by atoms with Crippen LogP contribution in [0.3, 0.4) is 0 Å². The van der Waals surface area contributed by atoms with Crippen molar-refractivity contribution < 1.29 is 0 Å². The molecule has 0 amide bonds. The predicted octanol–water partition coefficient (Wildman–Crippen LogP) is 6.38. The molecule has 4 aromatic rings. The maximum atomic E-state index is 9.65. The summed E-state index contributed by atoms with van der Waals surface area (Å²) in [5, 5.41) is 13.6. The van der Waals surface area contributed by atoms with E-state index in [2.05, 4.69) is 22.1 Å². The molecule has 130 valence electrons. The first-order chi connectivity index (χ1) is 13.1. The van der Waals surface area contributed by atoms with Crippen molar-refractivity contribution in [2.45, 2.75) is 6.92 Å². The van der Waals surface area contributed by atoms with Crippen molar-refractivity contribution in [1.82, 2.24) is 9.97 Å². The van der Waals surface area contributed by atoms with Gasteiger partial charge in [-0.25, -0.2) is 9.97 Å². The largest absolute Gasteiger partial charge is 0.235 e. The monoisotopic (exact) mass is 387 g/mol. The summed E-state index contributed by atoms with van der Waals surface area (Å²) in [6, 6.07) is 20.1. The van der Waals surface area contributed by atoms with Gasteiger partial charge < -0.3 is 0 Å². The van der Waals surface area contributed by atoms with Crippen LogP contribution in [0.1, 0.15) is 16.1 Å². The van der Waals surface area contributed by atoms with Gasteiger partial charge in [0.1, 0.15) is 16.2 Å². The van der Waals surface area contributed by atoms with Crippen LogP contribution >= 0.6 is 22.9 Å². The molecule has 2 aromatic heterocycles. The SMILES string of the molecule is Cc1ccc2nc(Cl)c(/C=C(\C#N)c3nc(-c4ccccc4)cs3)cc2c1. The molecule has 0 fully saturated rings. The molecule has 4 rings (SSSR count). The summed E-state index contributed by atoms with van der Waals surface area (Å²) < 4.78 is 0. The van der Waals surface area contributed by atoms with Gasteiger partial charge >= 0.3 is 0 Å². The van der Waals surface area contributed by atoms with Crippen LogP contribution < -0.4 is 0 Å². The zero-order chi connectivity index (χ0) is 18.8. The van der Waals surface area contributed by atoms with Crippen molar-refractivity contribution >= 4 is 45.5 Å². The number of fused-ring (bicyclic) bond motifs is 1. The lowest BCUT2D eigenvalue weighted by Crippen LogP contribution is -1.88. The standard InChI is InChI=1S/C22H14ClN3S/c1-14-7-8-19-16(9-14)10-17(21(23)25-19)11-18(12-24)22-26-20(13-27-22)15-5-3-2-4-6-15/h2-11,13H,1H3/b18-11+. The number of hydrogen-bond donors (Lipinski definition) is 0. The van der Waals surface area contributed by atoms with Crippen LogP contribution in [0.25, 0.3) is 33.8 Å². The lowest BCUT2D eigenvalue weighted by Gasteiger charge is -2.04. The molecule has 3 nitrogen and oxygen atoms in total. The van der Waals surface area contributed by atoms with E-state index in [0.717, 1.165) is 27.7 Å². The van der Waals surface area contributed by atoms with Gasteiger partial charge in [0.25, 0.3) is 0 Å². The Bertz CT molecular complexity index is 1200. The number of halogens is 1. The molecule has 0 bridgehead atoms. The summed E-state index contributed by atoms with van der Waals surface area (Å²) in [6.07, 6.45) is 1.75. The second-order valence-corrected chi connectivity index (χ2v) is 7.35. The highest BCUT2D eigenvalue weighted by molar-refractivity contribution is 7.11. The minimum absolute atomic E-state index is 0.374. The fourth-order valence-corrected chi connectivity index (χ4v) is 3.82. The van der Waals surface area contributed by atoms with E-state index in [0.29, 0.717) is 21.3 Å². The molecule has 0 saturated carbocycles. The molecule has 0 unspecified atom stereocenters. The average Bonchev–Trinajstić information content (AvgIpc) is 3.17. The first kappa shape index (κ1) is 17.4. The first-order valence-corrected chi connectivity index (χ1v) is 9.60. The Morgan fingerprint density at radius 3 is 2.70 bits per heavy atom. The fourth-order valence-electron chi connectivity index (χ4n) is 2.83. The molecule has 0 radical (unpaired) electrons. The zero-order valence-electron chi connectivity index (χ0n) is 14.5. The molecule has 2 aromatic carbocycles. The summed E-state index contributed by atoms with van der Waals surface area (Å²) >= 11 is 7.79. The third-order valence-corrected chi connectivity index (χ3v) is 5.35. The van der Waals surface area contributed by atoms with Crippen LogP contribution in [0, 0.1) is 18.3 Å². The van der Waals surface area contributed by atoms with Crippen LogP contribution in [-0.2, 0) is 0 Å². The molecule has 27 heavy (non-hydrogen) atoms. The van der Waals surface area contributed by atoms with Gasteiger partial charge in [0, 0.05) is 21.9 Å². The van der Waals surface area contributed by atoms with Gasteiger partial charge in [-0.05, 0) is 31.2 Å². The summed E-state index contributed by atoms with van der Waals surface area (Å²) in [7, 11) is 0. The summed E-state index contributed by atoms with van der Waals surface area (Å²) in [5.41, 5.74) is 5.05. The van der Waals surface area contributed by atoms with Crippen LogP contribution in [0.15, 0.2) is 60.0 Å². The molecule has 0 N–H and O–H groups in total. The Labute approximate surface area is 166 Å². The summed E-state index contributed by atoms with van der Waals surface area (Å²) in [4.78, 5) is 9.06. The minimum atomic E-state index is 0.374. The Kier molecular flexibility index (Phi) is 4.72. The number of pyridine rings is 1. The first-order valence-electron chi connectivity index (χ1n) is 8.34. The van der Waals surface area contributed by atoms with E-state index in [1.54, 1.807) is 6.08 Å². The number of nitriles is 1. The highest BCUT2D eigenvalue weighted by Gasteiger charge is 2.11. The van der Waals surface area contributed by atoms with Crippen molar-refractivity contribution in [2.75, 3.05) is 0 Å². The molecule has 2 heterocycles. The van der Waals surface area contributed by atoms with E-state index in [1.165, 1.54) is 11.3 Å². The molecule has 0 aliphatic rings. The van der Waals surface area contributed by atoms with Crippen LogP contribution in [0.5, 0.6) is 0 Å². The van der Waals surface area contributed by atoms with Crippen molar-refractivity contribution in [1.29, 1.82) is 5.26 Å². The number of aromatic nitrogens is 2. The number of rotatable bonds is 3. The lowest BCUT2D eigenvalue weighted by atomic mass is 10.1. The Balaban J connectivity index is 1.76. The number of benzene rings is 2. The molecule has 0 aliphatic carbocycles. The molecule has 0 atom stereocenters. The number of hydrogen-bond acceptors (Lipinski definition) is 4. The second-order valence-electron chi connectivity index (χ2n) is 6.14. The van der Waals surface area contributed by atoms with Gasteiger partial charge in [0.05, 0.1) is 16.8 Å². The Morgan fingerprint density at radius 1 is 1.11 bits per heavy atom. The normalized spacial score (nSPS) is 11.5. The molecule has 5 heteroatoms. The number of thiazole rings is 1. The molecule has 0 saturated heterocycles. The van der Waals surface area contributed by atoms with Crippen LogP contribution in [0.4, 0.5) is 0 Å². The molecule has 0 aliphatic heterocycles. The maximum Gasteiger partial charge on any atom is 0.137 e. The van der Waals surface area contributed by atoms with E-state index in [1.807, 2.05) is 60.8 Å². The minimum Gasteiger partial charge on any atom is -0.235 e. The number of aryl methyl sites for hydroxylation is 1. The maximum absolute atomic E-state index is 9.65. The Hall–Kier alpha value is -3.00. The van der Waals surface area contributed by atoms with Crippen molar-refractivity contribution in [3.8, 4) is 17.3 Å². The fraction of sp³-hybridized carbons (Fsp3) is 0.0455. The van der Waals surface area contributed by atoms with Crippen LogP contribution in [0.2, 0.25) is 5.15 Å². The van der Waals surface area contributed by atoms with Crippen molar-refractivity contribution in [3.63, 3.8) is 0 Å². The number of allylic oxidation sites excluding steroid dienone is 1. The van der Waals surface area contributed by atoms with Crippen molar-refractivity contribution in [2.24, 2.45) is 0 Å². The summed E-state index contributed by atoms with van der Waals surface area (Å²) in [6.45, 7) is 2.03. The zero-order valence-corrected chi connectivity index (χ0v) is 16.1. The molecular weight excluding hydrogens is 374 g/mol. The number of nitrogens with zero attached hydrogens (tertiary/aromatic N) is 3. The van der Waals surface area contributed by atoms with Gasteiger partial charge in [-0.15, -0.1) is 11.3 Å². The van der Waals surface area contributed by atoms with E-state index in [9.17, 15) is 5.26 Å². The van der Waals surface area contributed by atoms with Gasteiger partial charge in [-0.1, -0.05) is 53.6 Å². The topological polar surface area (TPSA) is 49.6 Å². The summed E-state index contributed by atoms with van der Waals surface area (Å²) in [5.74, 6) is 0. The lowest BCUT2D eigenvalue weighted by molar-refractivity contribution is 1.36. The van der Waals surface area contributed by atoms with E-state index < -0.39 is 0 Å². The smallest absolute Gasteiger partial charge is 0.137 e. The molecular formula is C22H14ClN3S. The van der Waals surface area contributed by atoms with Crippen molar-refractivity contribution in [3.05, 3.63) is 81.3 Å². The average molecular weight is 388 g/mol.